The summed E-state index contributed by atoms with van der Waals surface area (Å²) in [6.07, 6.45) is 4.51. The summed E-state index contributed by atoms with van der Waals surface area (Å²) in [5.74, 6) is 0. The molecule has 0 atom stereocenters. The van der Waals surface area contributed by atoms with Crippen molar-refractivity contribution in [1.82, 2.24) is 14.8 Å². The molecule has 0 saturated carbocycles. The molecular weight excluding hydrogens is 316 g/mol. The fourth-order valence-corrected chi connectivity index (χ4v) is 2.70. The molecule has 0 bridgehead atoms. The molecule has 0 fully saturated rings. The number of halogens is 1. The molecule has 1 N–H and O–H groups in total. The fourth-order valence-electron chi connectivity index (χ4n) is 1.40. The minimum absolute atomic E-state index is 0.159. The van der Waals surface area contributed by atoms with Crippen LogP contribution < -0.4 is 10.9 Å². The minimum atomic E-state index is -0.159. The van der Waals surface area contributed by atoms with E-state index in [1.54, 1.807) is 24.6 Å². The number of nitrogens with zero attached hydrogens (tertiary/aromatic N) is 3. The summed E-state index contributed by atoms with van der Waals surface area (Å²) in [6.45, 7) is 2.70. The van der Waals surface area contributed by atoms with Crippen LogP contribution in [0.2, 0.25) is 0 Å². The zero-order chi connectivity index (χ0) is 13.1. The summed E-state index contributed by atoms with van der Waals surface area (Å²) in [5, 5.41) is 8.13. The van der Waals surface area contributed by atoms with Crippen LogP contribution in [0.1, 0.15) is 16.8 Å². The maximum Gasteiger partial charge on any atom is 0.282 e. The number of hydrogen-bond donors (Lipinski definition) is 1. The van der Waals surface area contributed by atoms with Gasteiger partial charge in [-0.15, -0.1) is 11.3 Å². The van der Waals surface area contributed by atoms with E-state index in [0.29, 0.717) is 16.7 Å². The Balaban J connectivity index is 2.11. The molecule has 2 rings (SSSR count). The highest BCUT2D eigenvalue weighted by Gasteiger charge is 2.07. The summed E-state index contributed by atoms with van der Waals surface area (Å²) in [4.78, 5) is 17.2. The Morgan fingerprint density at radius 3 is 2.94 bits per heavy atom. The van der Waals surface area contributed by atoms with E-state index in [0.717, 1.165) is 11.4 Å². The largest absolute Gasteiger partial charge is 0.376 e. The van der Waals surface area contributed by atoms with E-state index in [4.69, 9.17) is 0 Å². The third kappa shape index (κ3) is 2.78. The van der Waals surface area contributed by atoms with E-state index >= 15 is 0 Å². The van der Waals surface area contributed by atoms with Gasteiger partial charge in [0.2, 0.25) is 0 Å². The molecule has 5 nitrogen and oxygen atoms in total. The van der Waals surface area contributed by atoms with Gasteiger partial charge in [-0.1, -0.05) is 6.92 Å². The molecule has 0 aliphatic rings. The van der Waals surface area contributed by atoms with Gasteiger partial charge < -0.3 is 5.32 Å². The van der Waals surface area contributed by atoms with Crippen LogP contribution in [-0.2, 0) is 20.0 Å². The van der Waals surface area contributed by atoms with E-state index in [1.165, 1.54) is 9.56 Å². The monoisotopic (exact) mass is 328 g/mol. The third-order valence-electron chi connectivity index (χ3n) is 2.46. The molecule has 2 aromatic rings. The molecule has 0 amide bonds. The average Bonchev–Trinajstić information content (AvgIpc) is 2.83. The Bertz CT molecular complexity index is 607. The second-order valence-electron chi connectivity index (χ2n) is 3.73. The molecule has 2 aromatic heterocycles. The van der Waals surface area contributed by atoms with Crippen LogP contribution >= 0.6 is 27.3 Å². The Morgan fingerprint density at radius 1 is 1.50 bits per heavy atom. The van der Waals surface area contributed by atoms with Gasteiger partial charge in [0.15, 0.2) is 0 Å². The topological polar surface area (TPSA) is 59.8 Å². The quantitative estimate of drug-likeness (QED) is 0.934. The van der Waals surface area contributed by atoms with Crippen LogP contribution in [0, 0.1) is 0 Å². The van der Waals surface area contributed by atoms with Gasteiger partial charge in [-0.2, -0.15) is 5.10 Å². The van der Waals surface area contributed by atoms with Gasteiger partial charge in [0.25, 0.3) is 5.56 Å². The Kier molecular flexibility index (Phi) is 4.13. The summed E-state index contributed by atoms with van der Waals surface area (Å²) >= 11 is 4.94. The van der Waals surface area contributed by atoms with Crippen molar-refractivity contribution in [3.63, 3.8) is 0 Å². The van der Waals surface area contributed by atoms with E-state index in [2.05, 4.69) is 38.3 Å². The van der Waals surface area contributed by atoms with Crippen molar-refractivity contribution >= 4 is 33.0 Å². The molecule has 96 valence electrons. The number of hydrogen-bond acceptors (Lipinski definition) is 5. The molecule has 7 heteroatoms. The van der Waals surface area contributed by atoms with Crippen molar-refractivity contribution in [3.05, 3.63) is 37.1 Å². The third-order valence-corrected chi connectivity index (χ3v) is 4.37. The molecule has 0 spiro atoms. The molecule has 0 unspecified atom stereocenters. The fraction of sp³-hybridized carbons (Fsp3) is 0.364. The molecule has 0 aliphatic heterocycles. The molecule has 2 heterocycles. The molecule has 18 heavy (non-hydrogen) atoms. The minimum Gasteiger partial charge on any atom is -0.376 e. The Labute approximate surface area is 117 Å². The van der Waals surface area contributed by atoms with Gasteiger partial charge in [-0.05, 0) is 22.4 Å². The molecule has 0 saturated heterocycles. The van der Waals surface area contributed by atoms with Crippen LogP contribution in [0.25, 0.3) is 0 Å². The van der Waals surface area contributed by atoms with Gasteiger partial charge in [0.05, 0.1) is 18.4 Å². The first-order chi connectivity index (χ1) is 8.61. The normalized spacial score (nSPS) is 10.6. The van der Waals surface area contributed by atoms with Crippen molar-refractivity contribution in [2.45, 2.75) is 19.9 Å². The predicted molar refractivity (Wildman–Crippen MR) is 76.0 cm³/mol. The van der Waals surface area contributed by atoms with Crippen molar-refractivity contribution in [1.29, 1.82) is 0 Å². The molecule has 0 aliphatic carbocycles. The second kappa shape index (κ2) is 5.62. The van der Waals surface area contributed by atoms with E-state index in [9.17, 15) is 4.79 Å². The lowest BCUT2D eigenvalue weighted by atomic mass is 10.4. The zero-order valence-corrected chi connectivity index (χ0v) is 12.5. The Hall–Kier alpha value is -1.21. The zero-order valence-electron chi connectivity index (χ0n) is 10.1. The lowest BCUT2D eigenvalue weighted by molar-refractivity contribution is 0.703. The highest BCUT2D eigenvalue weighted by Crippen LogP contribution is 2.19. The summed E-state index contributed by atoms with van der Waals surface area (Å²) < 4.78 is 1.78. The number of rotatable bonds is 4. The first-order valence-corrected chi connectivity index (χ1v) is 7.12. The molecular formula is C11H13BrN4OS. The second-order valence-corrected chi connectivity index (χ2v) is 5.72. The van der Waals surface area contributed by atoms with E-state index < -0.39 is 0 Å². The lowest BCUT2D eigenvalue weighted by Crippen LogP contribution is -2.21. The highest BCUT2D eigenvalue weighted by molar-refractivity contribution is 9.10. The Morgan fingerprint density at radius 2 is 2.28 bits per heavy atom. The smallest absolute Gasteiger partial charge is 0.282 e. The maximum atomic E-state index is 11.7. The number of aromatic nitrogens is 3. The van der Waals surface area contributed by atoms with E-state index in [1.807, 2.05) is 6.20 Å². The number of nitrogens with one attached hydrogen (secondary N) is 1. The van der Waals surface area contributed by atoms with Gasteiger partial charge in [-0.3, -0.25) is 4.79 Å². The highest BCUT2D eigenvalue weighted by atomic mass is 79.9. The summed E-state index contributed by atoms with van der Waals surface area (Å²) in [5.41, 5.74) is 0.528. The first kappa shape index (κ1) is 13.2. The van der Waals surface area contributed by atoms with Crippen molar-refractivity contribution in [2.75, 3.05) is 5.32 Å². The van der Waals surface area contributed by atoms with Crippen molar-refractivity contribution < 1.29 is 0 Å². The summed E-state index contributed by atoms with van der Waals surface area (Å²) in [7, 11) is 1.62. The van der Waals surface area contributed by atoms with Gasteiger partial charge in [-0.25, -0.2) is 9.67 Å². The first-order valence-electron chi connectivity index (χ1n) is 5.51. The van der Waals surface area contributed by atoms with E-state index in [-0.39, 0.29) is 5.56 Å². The average molecular weight is 329 g/mol. The van der Waals surface area contributed by atoms with Crippen LogP contribution in [0.5, 0.6) is 0 Å². The number of thiazole rings is 1. The van der Waals surface area contributed by atoms with Gasteiger partial charge in [0.1, 0.15) is 9.48 Å². The predicted octanol–water partition coefficient (Wildman–Crippen LogP) is 2.17. The molecule has 0 aromatic carbocycles. The molecule has 0 radical (unpaired) electrons. The van der Waals surface area contributed by atoms with Crippen molar-refractivity contribution in [3.8, 4) is 0 Å². The number of anilines is 1. The van der Waals surface area contributed by atoms with Gasteiger partial charge in [0, 0.05) is 18.1 Å². The summed E-state index contributed by atoms with van der Waals surface area (Å²) in [6, 6.07) is 0. The van der Waals surface area contributed by atoms with Crippen LogP contribution in [0.15, 0.2) is 21.7 Å². The maximum absolute atomic E-state index is 11.7. The standard InChI is InChI=1S/C11H13BrN4OS/c1-3-7-4-14-9(18-7)6-13-8-5-15-16(2)11(17)10(8)12/h4-5,13H,3,6H2,1-2H3. The van der Waals surface area contributed by atoms with Crippen LogP contribution in [0.3, 0.4) is 0 Å². The van der Waals surface area contributed by atoms with Gasteiger partial charge >= 0.3 is 0 Å². The van der Waals surface area contributed by atoms with Crippen molar-refractivity contribution in [2.24, 2.45) is 7.05 Å². The van der Waals surface area contributed by atoms with Crippen LogP contribution in [-0.4, -0.2) is 14.8 Å². The number of aryl methyl sites for hydroxylation is 2. The lowest BCUT2D eigenvalue weighted by Gasteiger charge is -2.06. The SMILES string of the molecule is CCc1cnc(CNc2cnn(C)c(=O)c2Br)s1. The van der Waals surface area contributed by atoms with Crippen LogP contribution in [0.4, 0.5) is 5.69 Å².